The van der Waals surface area contributed by atoms with E-state index < -0.39 is 29.8 Å². The molecule has 176 valence electrons. The number of rotatable bonds is 7. The second-order valence-corrected chi connectivity index (χ2v) is 7.61. The van der Waals surface area contributed by atoms with E-state index in [0.717, 1.165) is 10.1 Å². The van der Waals surface area contributed by atoms with Crippen molar-refractivity contribution in [1.29, 1.82) is 0 Å². The number of aryl methyl sites for hydroxylation is 1. The first-order chi connectivity index (χ1) is 16.3. The number of carbonyl (C=O) groups is 1. The summed E-state index contributed by atoms with van der Waals surface area (Å²) in [6, 6.07) is 14.5. The number of nitrogens with zero attached hydrogens (tertiary/aromatic N) is 4. The number of hydrogen-bond donors (Lipinski definition) is 1. The van der Waals surface area contributed by atoms with Crippen LogP contribution >= 0.6 is 0 Å². The van der Waals surface area contributed by atoms with Gasteiger partial charge in [0.25, 0.3) is 5.56 Å². The third-order valence-corrected chi connectivity index (χ3v) is 5.41. The summed E-state index contributed by atoms with van der Waals surface area (Å²) in [6.07, 6.45) is 1.33. The molecule has 2 aromatic carbocycles. The normalized spacial score (nSPS) is 12.1. The summed E-state index contributed by atoms with van der Waals surface area (Å²) < 4.78 is 32.9. The van der Waals surface area contributed by atoms with Crippen molar-refractivity contribution in [2.45, 2.75) is 19.2 Å². The Morgan fingerprint density at radius 2 is 1.65 bits per heavy atom. The number of alkyl halides is 2. The fraction of sp³-hybridized carbons (Fsp3) is 0.217. The van der Waals surface area contributed by atoms with Gasteiger partial charge < -0.3 is 14.6 Å². The van der Waals surface area contributed by atoms with Crippen molar-refractivity contribution in [3.63, 3.8) is 0 Å². The molecule has 1 atom stereocenters. The molecule has 9 nitrogen and oxygen atoms in total. The first-order valence-corrected chi connectivity index (χ1v) is 10.3. The highest BCUT2D eigenvalue weighted by Crippen LogP contribution is 2.25. The predicted octanol–water partition coefficient (Wildman–Crippen LogP) is 1.94. The monoisotopic (exact) mass is 469 g/mol. The molecule has 0 saturated carbocycles. The standard InChI is InChI=1S/C23H21F2N5O4/c1-28-20-19(21(32)29(2)23(28)33)30(13-26-20)12-17(31)27-18(14-6-4-3-5-7-14)15-8-10-16(11-9-15)34-22(24)25/h3-11,13,18,22H,12H2,1-2H3,(H,27,31). The minimum atomic E-state index is -2.94. The van der Waals surface area contributed by atoms with Gasteiger partial charge in [-0.25, -0.2) is 9.78 Å². The van der Waals surface area contributed by atoms with Gasteiger partial charge in [-0.1, -0.05) is 42.5 Å². The Kier molecular flexibility index (Phi) is 6.26. The van der Waals surface area contributed by atoms with Crippen molar-refractivity contribution in [1.82, 2.24) is 24.0 Å². The Bertz CT molecular complexity index is 1440. The van der Waals surface area contributed by atoms with Gasteiger partial charge in [0.1, 0.15) is 12.3 Å². The fourth-order valence-corrected chi connectivity index (χ4v) is 3.72. The molecular weight excluding hydrogens is 448 g/mol. The fourth-order valence-electron chi connectivity index (χ4n) is 3.72. The molecule has 0 saturated heterocycles. The van der Waals surface area contributed by atoms with Gasteiger partial charge in [0.2, 0.25) is 5.91 Å². The number of imidazole rings is 1. The molecule has 4 aromatic rings. The Balaban J connectivity index is 1.63. The van der Waals surface area contributed by atoms with E-state index in [1.54, 1.807) is 12.1 Å². The molecule has 0 radical (unpaired) electrons. The van der Waals surface area contributed by atoms with Gasteiger partial charge in [-0.3, -0.25) is 18.7 Å². The zero-order valence-corrected chi connectivity index (χ0v) is 18.3. The summed E-state index contributed by atoms with van der Waals surface area (Å²) in [7, 11) is 2.85. The molecule has 0 aliphatic carbocycles. The maximum Gasteiger partial charge on any atom is 0.387 e. The van der Waals surface area contributed by atoms with Crippen LogP contribution in [0.15, 0.2) is 70.5 Å². The van der Waals surface area contributed by atoms with E-state index in [0.29, 0.717) is 5.56 Å². The SMILES string of the molecule is Cn1c(=O)c2c(ncn2CC(=O)NC(c2ccccc2)c2ccc(OC(F)F)cc2)n(C)c1=O. The first kappa shape index (κ1) is 22.9. The maximum atomic E-state index is 13.0. The van der Waals surface area contributed by atoms with Crippen LogP contribution in [0.2, 0.25) is 0 Å². The zero-order valence-electron chi connectivity index (χ0n) is 18.3. The van der Waals surface area contributed by atoms with Crippen LogP contribution in [0.4, 0.5) is 8.78 Å². The highest BCUT2D eigenvalue weighted by Gasteiger charge is 2.20. The van der Waals surface area contributed by atoms with Crippen LogP contribution < -0.4 is 21.3 Å². The molecule has 1 unspecified atom stereocenters. The summed E-state index contributed by atoms with van der Waals surface area (Å²) >= 11 is 0. The summed E-state index contributed by atoms with van der Waals surface area (Å²) in [4.78, 5) is 41.9. The van der Waals surface area contributed by atoms with Crippen LogP contribution in [-0.2, 0) is 25.4 Å². The largest absolute Gasteiger partial charge is 0.435 e. The molecular formula is C23H21F2N5O4. The number of fused-ring (bicyclic) bond motifs is 1. The lowest BCUT2D eigenvalue weighted by Gasteiger charge is -2.20. The van der Waals surface area contributed by atoms with E-state index >= 15 is 0 Å². The van der Waals surface area contributed by atoms with Crippen molar-refractivity contribution in [2.24, 2.45) is 14.1 Å². The molecule has 0 spiro atoms. The molecule has 2 heterocycles. The molecule has 2 aromatic heterocycles. The minimum absolute atomic E-state index is 0.00299. The van der Waals surface area contributed by atoms with Gasteiger partial charge in [0.05, 0.1) is 12.4 Å². The quantitative estimate of drug-likeness (QED) is 0.446. The maximum absolute atomic E-state index is 13.0. The topological polar surface area (TPSA) is 100 Å². The first-order valence-electron chi connectivity index (χ1n) is 10.3. The molecule has 0 aliphatic heterocycles. The molecule has 11 heteroatoms. The number of benzene rings is 2. The van der Waals surface area contributed by atoms with E-state index in [4.69, 9.17) is 0 Å². The Morgan fingerprint density at radius 1 is 1.00 bits per heavy atom. The molecule has 1 amide bonds. The van der Waals surface area contributed by atoms with E-state index in [1.807, 2.05) is 30.3 Å². The van der Waals surface area contributed by atoms with E-state index in [1.165, 1.54) is 41.7 Å². The summed E-state index contributed by atoms with van der Waals surface area (Å²) in [6.45, 7) is -3.16. The average molecular weight is 469 g/mol. The zero-order chi connectivity index (χ0) is 24.4. The smallest absolute Gasteiger partial charge is 0.387 e. The highest BCUT2D eigenvalue weighted by molar-refractivity contribution is 5.79. The van der Waals surface area contributed by atoms with Gasteiger partial charge in [-0.2, -0.15) is 8.78 Å². The van der Waals surface area contributed by atoms with E-state index in [2.05, 4.69) is 15.0 Å². The van der Waals surface area contributed by atoms with Crippen LogP contribution in [0.5, 0.6) is 5.75 Å². The van der Waals surface area contributed by atoms with Gasteiger partial charge in [0.15, 0.2) is 11.2 Å². The highest BCUT2D eigenvalue weighted by atomic mass is 19.3. The second kappa shape index (κ2) is 9.30. The van der Waals surface area contributed by atoms with E-state index in [9.17, 15) is 23.2 Å². The lowest BCUT2D eigenvalue weighted by Crippen LogP contribution is -2.38. The van der Waals surface area contributed by atoms with Crippen molar-refractivity contribution in [3.05, 3.63) is 92.9 Å². The third kappa shape index (κ3) is 4.45. The lowest BCUT2D eigenvalue weighted by molar-refractivity contribution is -0.122. The number of aromatic nitrogens is 4. The molecule has 0 fully saturated rings. The van der Waals surface area contributed by atoms with Gasteiger partial charge in [-0.05, 0) is 23.3 Å². The second-order valence-electron chi connectivity index (χ2n) is 7.61. The van der Waals surface area contributed by atoms with Crippen LogP contribution in [0.25, 0.3) is 11.2 Å². The number of nitrogens with one attached hydrogen (secondary N) is 1. The lowest BCUT2D eigenvalue weighted by atomic mass is 9.98. The Morgan fingerprint density at radius 3 is 2.29 bits per heavy atom. The minimum Gasteiger partial charge on any atom is -0.435 e. The molecule has 34 heavy (non-hydrogen) atoms. The predicted molar refractivity (Wildman–Crippen MR) is 120 cm³/mol. The van der Waals surface area contributed by atoms with Crippen LogP contribution in [-0.4, -0.2) is 31.2 Å². The molecule has 0 aliphatic rings. The average Bonchev–Trinajstić information content (AvgIpc) is 3.24. The number of amides is 1. The molecule has 0 bridgehead atoms. The van der Waals surface area contributed by atoms with Crippen LogP contribution in [0, 0.1) is 0 Å². The number of ether oxygens (including phenoxy) is 1. The van der Waals surface area contributed by atoms with Gasteiger partial charge >= 0.3 is 12.3 Å². The van der Waals surface area contributed by atoms with Crippen molar-refractivity contribution < 1.29 is 18.3 Å². The van der Waals surface area contributed by atoms with Crippen molar-refractivity contribution in [2.75, 3.05) is 0 Å². The van der Waals surface area contributed by atoms with Crippen LogP contribution in [0.1, 0.15) is 17.2 Å². The van der Waals surface area contributed by atoms with Crippen LogP contribution in [0.3, 0.4) is 0 Å². The number of carbonyl (C=O) groups excluding carboxylic acids is 1. The van der Waals surface area contributed by atoms with Gasteiger partial charge in [0, 0.05) is 14.1 Å². The Hall–Kier alpha value is -4.28. The third-order valence-electron chi connectivity index (χ3n) is 5.41. The van der Waals surface area contributed by atoms with Crippen molar-refractivity contribution >= 4 is 17.1 Å². The molecule has 1 N–H and O–H groups in total. The van der Waals surface area contributed by atoms with Crippen molar-refractivity contribution in [3.8, 4) is 5.75 Å². The number of hydrogen-bond acceptors (Lipinski definition) is 5. The van der Waals surface area contributed by atoms with Gasteiger partial charge in [-0.15, -0.1) is 0 Å². The summed E-state index contributed by atoms with van der Waals surface area (Å²) in [5.74, 6) is -0.416. The summed E-state index contributed by atoms with van der Waals surface area (Å²) in [5, 5.41) is 2.92. The number of halogens is 2. The summed E-state index contributed by atoms with van der Waals surface area (Å²) in [5.41, 5.74) is 0.648. The molecule has 4 rings (SSSR count). The van der Waals surface area contributed by atoms with E-state index in [-0.39, 0.29) is 23.5 Å². The Labute approximate surface area is 191 Å².